The number of carbonyl (C=O) groups excluding carboxylic acids is 1. The van der Waals surface area contributed by atoms with E-state index in [0.29, 0.717) is 12.0 Å². The number of hydrogen-bond donors (Lipinski definition) is 0. The maximum atomic E-state index is 12.9. The van der Waals surface area contributed by atoms with Crippen molar-refractivity contribution in [1.82, 2.24) is 0 Å². The average Bonchev–Trinajstić information content (AvgIpc) is 2.18. The van der Waals surface area contributed by atoms with E-state index in [0.717, 1.165) is 31.1 Å². The van der Waals surface area contributed by atoms with E-state index in [1.807, 2.05) is 12.1 Å². The van der Waals surface area contributed by atoms with Crippen LogP contribution >= 0.6 is 0 Å². The van der Waals surface area contributed by atoms with Gasteiger partial charge >= 0.3 is 0 Å². The Bertz CT molecular complexity index is 307. The Labute approximate surface area is 83.9 Å². The van der Waals surface area contributed by atoms with Crippen LogP contribution in [-0.4, -0.2) is 6.29 Å². The van der Waals surface area contributed by atoms with Gasteiger partial charge in [-0.3, -0.25) is 0 Å². The molecule has 0 saturated carbocycles. The molecular weight excluding hydrogens is 179 g/mol. The lowest BCUT2D eigenvalue weighted by Gasteiger charge is -2.02. The molecule has 0 heterocycles. The second kappa shape index (κ2) is 5.53. The molecule has 0 atom stereocenters. The number of hydrogen-bond acceptors (Lipinski definition) is 1. The molecule has 1 aromatic rings. The number of rotatable bonds is 5. The first-order chi connectivity index (χ1) is 6.74. The molecule has 0 saturated heterocycles. The standard InChI is InChI=1S/C12H15FO/c1-10-9-11(6-7-12(10)13)5-3-2-4-8-14/h6-9H,2-5H2,1H3. The molecule has 76 valence electrons. The number of aryl methyl sites for hydroxylation is 2. The van der Waals surface area contributed by atoms with Crippen LogP contribution in [0.4, 0.5) is 4.39 Å². The van der Waals surface area contributed by atoms with Crippen LogP contribution in [0.15, 0.2) is 18.2 Å². The van der Waals surface area contributed by atoms with E-state index in [1.54, 1.807) is 6.92 Å². The van der Waals surface area contributed by atoms with Crippen molar-refractivity contribution in [3.8, 4) is 0 Å². The van der Waals surface area contributed by atoms with Crippen LogP contribution in [-0.2, 0) is 11.2 Å². The molecule has 1 nitrogen and oxygen atoms in total. The minimum absolute atomic E-state index is 0.151. The van der Waals surface area contributed by atoms with Crippen molar-refractivity contribution < 1.29 is 9.18 Å². The summed E-state index contributed by atoms with van der Waals surface area (Å²) >= 11 is 0. The second-order valence-electron chi connectivity index (χ2n) is 3.50. The summed E-state index contributed by atoms with van der Waals surface area (Å²) in [5, 5.41) is 0. The van der Waals surface area contributed by atoms with Gasteiger partial charge in [-0.15, -0.1) is 0 Å². The summed E-state index contributed by atoms with van der Waals surface area (Å²) in [4.78, 5) is 10.1. The van der Waals surface area contributed by atoms with Crippen LogP contribution < -0.4 is 0 Å². The third-order valence-corrected chi connectivity index (χ3v) is 2.26. The van der Waals surface area contributed by atoms with Crippen molar-refractivity contribution >= 4 is 6.29 Å². The Kier molecular flexibility index (Phi) is 4.30. The summed E-state index contributed by atoms with van der Waals surface area (Å²) in [5.74, 6) is -0.151. The van der Waals surface area contributed by atoms with Gasteiger partial charge in [-0.2, -0.15) is 0 Å². The van der Waals surface area contributed by atoms with E-state index in [9.17, 15) is 9.18 Å². The van der Waals surface area contributed by atoms with E-state index in [2.05, 4.69) is 0 Å². The highest BCUT2D eigenvalue weighted by Gasteiger charge is 1.98. The molecule has 0 spiro atoms. The Morgan fingerprint density at radius 3 is 2.79 bits per heavy atom. The summed E-state index contributed by atoms with van der Waals surface area (Å²) in [6, 6.07) is 5.18. The number of carbonyl (C=O) groups is 1. The Balaban J connectivity index is 2.43. The maximum Gasteiger partial charge on any atom is 0.126 e. The molecular formula is C12H15FO. The van der Waals surface area contributed by atoms with E-state index >= 15 is 0 Å². The highest BCUT2D eigenvalue weighted by atomic mass is 19.1. The molecule has 14 heavy (non-hydrogen) atoms. The summed E-state index contributed by atoms with van der Waals surface area (Å²) in [6.45, 7) is 1.77. The highest BCUT2D eigenvalue weighted by Crippen LogP contribution is 2.11. The van der Waals surface area contributed by atoms with Crippen molar-refractivity contribution in [2.45, 2.75) is 32.6 Å². The first kappa shape index (κ1) is 10.9. The molecule has 0 aliphatic heterocycles. The van der Waals surface area contributed by atoms with Crippen LogP contribution in [0.25, 0.3) is 0 Å². The molecule has 2 heteroatoms. The van der Waals surface area contributed by atoms with Gasteiger partial charge in [0.15, 0.2) is 0 Å². The van der Waals surface area contributed by atoms with Gasteiger partial charge < -0.3 is 4.79 Å². The zero-order chi connectivity index (χ0) is 10.4. The lowest BCUT2D eigenvalue weighted by Crippen LogP contribution is -1.89. The van der Waals surface area contributed by atoms with Crippen molar-refractivity contribution in [2.75, 3.05) is 0 Å². The number of benzene rings is 1. The average molecular weight is 194 g/mol. The lowest BCUT2D eigenvalue weighted by molar-refractivity contribution is -0.107. The van der Waals surface area contributed by atoms with Crippen LogP contribution in [0, 0.1) is 12.7 Å². The highest BCUT2D eigenvalue weighted by molar-refractivity contribution is 5.48. The molecule has 0 unspecified atom stereocenters. The van der Waals surface area contributed by atoms with Gasteiger partial charge in [0.1, 0.15) is 12.1 Å². The Morgan fingerprint density at radius 1 is 1.36 bits per heavy atom. The van der Waals surface area contributed by atoms with Gasteiger partial charge in [-0.05, 0) is 43.4 Å². The molecule has 0 N–H and O–H groups in total. The summed E-state index contributed by atoms with van der Waals surface area (Å²) in [7, 11) is 0. The fraction of sp³-hybridized carbons (Fsp3) is 0.417. The summed E-state index contributed by atoms with van der Waals surface area (Å²) in [5.41, 5.74) is 1.84. The van der Waals surface area contributed by atoms with Gasteiger partial charge in [0, 0.05) is 6.42 Å². The molecule has 0 aliphatic carbocycles. The fourth-order valence-electron chi connectivity index (χ4n) is 1.42. The molecule has 0 amide bonds. The zero-order valence-corrected chi connectivity index (χ0v) is 8.42. The third kappa shape index (κ3) is 3.29. The van der Waals surface area contributed by atoms with Gasteiger partial charge in [-0.25, -0.2) is 4.39 Å². The van der Waals surface area contributed by atoms with Crippen molar-refractivity contribution in [3.05, 3.63) is 35.1 Å². The molecule has 1 aromatic carbocycles. The molecule has 0 aliphatic rings. The van der Waals surface area contributed by atoms with Gasteiger partial charge in [0.2, 0.25) is 0 Å². The lowest BCUT2D eigenvalue weighted by atomic mass is 10.0. The molecule has 0 radical (unpaired) electrons. The van der Waals surface area contributed by atoms with Crippen LogP contribution in [0.3, 0.4) is 0 Å². The maximum absolute atomic E-state index is 12.9. The van der Waals surface area contributed by atoms with Crippen molar-refractivity contribution in [1.29, 1.82) is 0 Å². The number of unbranched alkanes of at least 4 members (excludes halogenated alkanes) is 2. The number of aldehydes is 1. The van der Waals surface area contributed by atoms with E-state index in [1.165, 1.54) is 6.07 Å². The minimum Gasteiger partial charge on any atom is -0.303 e. The van der Waals surface area contributed by atoms with Gasteiger partial charge in [0.25, 0.3) is 0 Å². The number of halogens is 1. The predicted octanol–water partition coefficient (Wildman–Crippen LogP) is 3.05. The summed E-state index contributed by atoms with van der Waals surface area (Å²) < 4.78 is 12.9. The van der Waals surface area contributed by atoms with Crippen molar-refractivity contribution in [2.24, 2.45) is 0 Å². The molecule has 1 rings (SSSR count). The normalized spacial score (nSPS) is 10.1. The third-order valence-electron chi connectivity index (χ3n) is 2.26. The quantitative estimate of drug-likeness (QED) is 0.520. The van der Waals surface area contributed by atoms with E-state index < -0.39 is 0 Å². The van der Waals surface area contributed by atoms with Crippen LogP contribution in [0.1, 0.15) is 30.4 Å². The van der Waals surface area contributed by atoms with Gasteiger partial charge in [0.05, 0.1) is 0 Å². The van der Waals surface area contributed by atoms with Gasteiger partial charge in [-0.1, -0.05) is 12.1 Å². The first-order valence-electron chi connectivity index (χ1n) is 4.92. The van der Waals surface area contributed by atoms with E-state index in [-0.39, 0.29) is 5.82 Å². The SMILES string of the molecule is Cc1cc(CCCCC=O)ccc1F. The fourth-order valence-corrected chi connectivity index (χ4v) is 1.42. The summed E-state index contributed by atoms with van der Waals surface area (Å²) in [6.07, 6.45) is 4.40. The predicted molar refractivity (Wildman–Crippen MR) is 54.8 cm³/mol. The first-order valence-corrected chi connectivity index (χ1v) is 4.92. The van der Waals surface area contributed by atoms with Crippen molar-refractivity contribution in [3.63, 3.8) is 0 Å². The monoisotopic (exact) mass is 194 g/mol. The molecule has 0 fully saturated rings. The Morgan fingerprint density at radius 2 is 2.14 bits per heavy atom. The molecule has 0 bridgehead atoms. The molecule has 0 aromatic heterocycles. The smallest absolute Gasteiger partial charge is 0.126 e. The zero-order valence-electron chi connectivity index (χ0n) is 8.42. The van der Waals surface area contributed by atoms with Crippen LogP contribution in [0.2, 0.25) is 0 Å². The van der Waals surface area contributed by atoms with Crippen LogP contribution in [0.5, 0.6) is 0 Å². The van der Waals surface area contributed by atoms with E-state index in [4.69, 9.17) is 0 Å². The largest absolute Gasteiger partial charge is 0.303 e. The second-order valence-corrected chi connectivity index (χ2v) is 3.50. The topological polar surface area (TPSA) is 17.1 Å². The Hall–Kier alpha value is -1.18. The minimum atomic E-state index is -0.151.